The first-order chi connectivity index (χ1) is 8.43. The lowest BCUT2D eigenvalue weighted by Crippen LogP contribution is -2.19. The molecule has 0 atom stereocenters. The van der Waals surface area contributed by atoms with Gasteiger partial charge in [0.1, 0.15) is 4.47 Å². The second kappa shape index (κ2) is 4.83. The summed E-state index contributed by atoms with van der Waals surface area (Å²) in [5.41, 5.74) is -3.59. The van der Waals surface area contributed by atoms with Crippen LogP contribution in [0.4, 0.5) is 32.0 Å². The van der Waals surface area contributed by atoms with Gasteiger partial charge in [0.2, 0.25) is 5.69 Å². The fraction of sp³-hybridized carbons (Fsp3) is 0.286. The Morgan fingerprint density at radius 1 is 1.26 bits per heavy atom. The third-order valence-corrected chi connectivity index (χ3v) is 2.40. The molecule has 1 heterocycles. The van der Waals surface area contributed by atoms with Gasteiger partial charge < -0.3 is 4.74 Å². The monoisotopic (exact) mass is 354 g/mol. The van der Waals surface area contributed by atoms with Crippen LogP contribution in [-0.2, 0) is 6.18 Å². The highest BCUT2D eigenvalue weighted by Gasteiger charge is 2.44. The normalized spacial score (nSPS) is 12.4. The molecule has 0 saturated heterocycles. The second-order valence-corrected chi connectivity index (χ2v) is 3.73. The van der Waals surface area contributed by atoms with E-state index in [0.717, 1.165) is 0 Å². The van der Waals surface area contributed by atoms with E-state index in [-0.39, 0.29) is 6.20 Å². The van der Waals surface area contributed by atoms with E-state index < -0.39 is 39.1 Å². The van der Waals surface area contributed by atoms with Gasteiger partial charge in [0.05, 0.1) is 11.1 Å². The number of nitrogens with zero attached hydrogens (tertiary/aromatic N) is 2. The minimum atomic E-state index is -5.22. The van der Waals surface area contributed by atoms with Gasteiger partial charge in [-0.2, -0.15) is 13.2 Å². The predicted octanol–water partition coefficient (Wildman–Crippen LogP) is 3.67. The number of hydrogen-bond donors (Lipinski definition) is 0. The van der Waals surface area contributed by atoms with Crippen molar-refractivity contribution < 1.29 is 36.0 Å². The van der Waals surface area contributed by atoms with Crippen molar-refractivity contribution in [1.29, 1.82) is 0 Å². The number of nitro groups is 1. The number of hydrogen-bond acceptors (Lipinski definition) is 4. The highest BCUT2D eigenvalue weighted by atomic mass is 79.9. The van der Waals surface area contributed by atoms with Crippen LogP contribution in [0.5, 0.6) is 5.75 Å². The summed E-state index contributed by atoms with van der Waals surface area (Å²) in [5.74, 6) is -1.24. The van der Waals surface area contributed by atoms with Crippen molar-refractivity contribution in [1.82, 2.24) is 4.98 Å². The van der Waals surface area contributed by atoms with Gasteiger partial charge >= 0.3 is 18.2 Å². The lowest BCUT2D eigenvalue weighted by atomic mass is 10.3. The summed E-state index contributed by atoms with van der Waals surface area (Å²) in [4.78, 5) is 11.6. The Morgan fingerprint density at radius 2 is 1.79 bits per heavy atom. The third-order valence-electron chi connectivity index (χ3n) is 1.64. The summed E-state index contributed by atoms with van der Waals surface area (Å²) >= 11 is 2.27. The molecule has 1 rings (SSSR count). The quantitative estimate of drug-likeness (QED) is 0.461. The van der Waals surface area contributed by atoms with Crippen LogP contribution in [0.2, 0.25) is 0 Å². The first kappa shape index (κ1) is 15.5. The van der Waals surface area contributed by atoms with Gasteiger partial charge in [-0.3, -0.25) is 10.1 Å². The Labute approximate surface area is 108 Å². The predicted molar refractivity (Wildman–Crippen MR) is 50.3 cm³/mol. The molecule has 0 aromatic carbocycles. The van der Waals surface area contributed by atoms with Crippen LogP contribution in [-0.4, -0.2) is 16.3 Å². The topological polar surface area (TPSA) is 65.3 Å². The summed E-state index contributed by atoms with van der Waals surface area (Å²) < 4.78 is 75.2. The molecular formula is C7HBrF6N2O3. The number of halogens is 7. The number of ether oxygens (including phenoxy) is 1. The SMILES string of the molecule is O=[N+]([O-])c1c(C(F)(F)F)ncc(OC(F)(F)F)c1Br. The third kappa shape index (κ3) is 3.68. The van der Waals surface area contributed by atoms with Gasteiger partial charge in [-0.25, -0.2) is 4.98 Å². The highest BCUT2D eigenvalue weighted by molar-refractivity contribution is 9.10. The zero-order chi connectivity index (χ0) is 15.0. The Bertz CT molecular complexity index is 515. The molecule has 106 valence electrons. The van der Waals surface area contributed by atoms with Crippen LogP contribution in [0.25, 0.3) is 0 Å². The molecule has 0 bridgehead atoms. The number of rotatable bonds is 2. The van der Waals surface area contributed by atoms with E-state index in [4.69, 9.17) is 0 Å². The lowest BCUT2D eigenvalue weighted by molar-refractivity contribution is -0.389. The van der Waals surface area contributed by atoms with Crippen LogP contribution in [0, 0.1) is 10.1 Å². The van der Waals surface area contributed by atoms with Crippen molar-refractivity contribution in [3.05, 3.63) is 26.5 Å². The summed E-state index contributed by atoms with van der Waals surface area (Å²) in [6.07, 6.45) is -10.3. The largest absolute Gasteiger partial charge is 0.573 e. The Morgan fingerprint density at radius 3 is 2.16 bits per heavy atom. The molecule has 0 radical (unpaired) electrons. The average Bonchev–Trinajstić information content (AvgIpc) is 2.16. The molecule has 0 amide bonds. The van der Waals surface area contributed by atoms with Crippen molar-refractivity contribution in [2.75, 3.05) is 0 Å². The fourth-order valence-electron chi connectivity index (χ4n) is 1.03. The first-order valence-electron chi connectivity index (χ1n) is 4.09. The van der Waals surface area contributed by atoms with E-state index in [0.29, 0.717) is 0 Å². The molecule has 12 heteroatoms. The summed E-state index contributed by atoms with van der Waals surface area (Å²) in [6.45, 7) is 0. The molecule has 0 aliphatic heterocycles. The van der Waals surface area contributed by atoms with Crippen LogP contribution in [0.3, 0.4) is 0 Å². The van der Waals surface area contributed by atoms with Crippen LogP contribution < -0.4 is 4.74 Å². The van der Waals surface area contributed by atoms with Crippen LogP contribution in [0.1, 0.15) is 5.69 Å². The van der Waals surface area contributed by atoms with Crippen LogP contribution >= 0.6 is 15.9 Å². The fourth-order valence-corrected chi connectivity index (χ4v) is 1.55. The summed E-state index contributed by atoms with van der Waals surface area (Å²) in [7, 11) is 0. The van der Waals surface area contributed by atoms with E-state index in [9.17, 15) is 36.5 Å². The van der Waals surface area contributed by atoms with Gasteiger partial charge in [-0.05, 0) is 15.9 Å². The average molecular weight is 355 g/mol. The Kier molecular flexibility index (Phi) is 3.93. The molecule has 0 saturated carbocycles. The summed E-state index contributed by atoms with van der Waals surface area (Å²) in [6, 6.07) is 0. The minimum absolute atomic E-state index is 0.0907. The smallest absolute Gasteiger partial charge is 0.403 e. The number of alkyl halides is 6. The van der Waals surface area contributed by atoms with Crippen molar-refractivity contribution in [2.24, 2.45) is 0 Å². The van der Waals surface area contributed by atoms with Gasteiger partial charge in [-0.15, -0.1) is 13.2 Å². The summed E-state index contributed by atoms with van der Waals surface area (Å²) in [5, 5.41) is 10.5. The molecule has 0 aliphatic carbocycles. The number of aromatic nitrogens is 1. The van der Waals surface area contributed by atoms with E-state index in [2.05, 4.69) is 25.7 Å². The molecule has 0 N–H and O–H groups in total. The zero-order valence-corrected chi connectivity index (χ0v) is 9.93. The molecule has 0 unspecified atom stereocenters. The van der Waals surface area contributed by atoms with E-state index >= 15 is 0 Å². The maximum atomic E-state index is 12.4. The van der Waals surface area contributed by atoms with Crippen molar-refractivity contribution in [3.63, 3.8) is 0 Å². The standard InChI is InChI=1S/C7HBrF6N2O3/c8-3-2(19-7(12,13)14)1-15-5(6(9,10)11)4(3)16(17)18/h1H. The first-order valence-corrected chi connectivity index (χ1v) is 4.88. The van der Waals surface area contributed by atoms with Crippen LogP contribution in [0.15, 0.2) is 10.7 Å². The van der Waals surface area contributed by atoms with E-state index in [1.807, 2.05) is 0 Å². The molecule has 5 nitrogen and oxygen atoms in total. The molecule has 0 aliphatic rings. The maximum absolute atomic E-state index is 12.4. The van der Waals surface area contributed by atoms with Gasteiger partial charge in [0.15, 0.2) is 5.75 Å². The van der Waals surface area contributed by atoms with E-state index in [1.54, 1.807) is 0 Å². The lowest BCUT2D eigenvalue weighted by Gasteiger charge is -2.12. The second-order valence-electron chi connectivity index (χ2n) is 2.94. The molecule has 0 spiro atoms. The van der Waals surface area contributed by atoms with Crippen molar-refractivity contribution in [2.45, 2.75) is 12.5 Å². The minimum Gasteiger partial charge on any atom is -0.403 e. The van der Waals surface area contributed by atoms with Gasteiger partial charge in [0.25, 0.3) is 0 Å². The maximum Gasteiger partial charge on any atom is 0.573 e. The molecule has 0 fully saturated rings. The molecule has 19 heavy (non-hydrogen) atoms. The molecule has 1 aromatic heterocycles. The van der Waals surface area contributed by atoms with E-state index in [1.165, 1.54) is 0 Å². The molecular weight excluding hydrogens is 354 g/mol. The zero-order valence-electron chi connectivity index (χ0n) is 8.34. The highest BCUT2D eigenvalue weighted by Crippen LogP contribution is 2.43. The van der Waals surface area contributed by atoms with Crippen molar-refractivity contribution in [3.8, 4) is 5.75 Å². The Balaban J connectivity index is 3.45. The molecule has 1 aromatic rings. The van der Waals surface area contributed by atoms with Crippen molar-refractivity contribution >= 4 is 21.6 Å². The van der Waals surface area contributed by atoms with Gasteiger partial charge in [-0.1, -0.05) is 0 Å². The Hall–Kier alpha value is -1.59. The number of pyridine rings is 1. The van der Waals surface area contributed by atoms with Gasteiger partial charge in [0, 0.05) is 0 Å².